The molecular formula is C20H17N3O. The zero-order valence-corrected chi connectivity index (χ0v) is 13.4. The Kier molecular flexibility index (Phi) is 2.71. The van der Waals surface area contributed by atoms with Crippen LogP contribution in [-0.4, -0.2) is 15.3 Å². The summed E-state index contributed by atoms with van der Waals surface area (Å²) in [7, 11) is 0. The average Bonchev–Trinajstić information content (AvgIpc) is 3.39. The first kappa shape index (κ1) is 13.5. The van der Waals surface area contributed by atoms with Crippen molar-refractivity contribution >= 4 is 38.9 Å². The summed E-state index contributed by atoms with van der Waals surface area (Å²) in [6, 6.07) is 16.3. The molecule has 118 valence electrons. The zero-order valence-electron chi connectivity index (χ0n) is 13.4. The third kappa shape index (κ3) is 1.86. The van der Waals surface area contributed by atoms with Crippen LogP contribution >= 0.6 is 0 Å². The molecule has 1 saturated carbocycles. The molecule has 5 rings (SSSR count). The van der Waals surface area contributed by atoms with E-state index in [1.807, 2.05) is 37.3 Å². The van der Waals surface area contributed by atoms with Crippen molar-refractivity contribution in [1.82, 2.24) is 9.38 Å². The Morgan fingerprint density at radius 3 is 2.58 bits per heavy atom. The number of hydrogen-bond donors (Lipinski definition) is 1. The number of anilines is 1. The number of carbonyl (C=O) groups excluding carboxylic acids is 1. The lowest BCUT2D eigenvalue weighted by molar-refractivity contribution is -0.117. The Morgan fingerprint density at radius 2 is 1.79 bits per heavy atom. The number of carbonyl (C=O) groups is 1. The van der Waals surface area contributed by atoms with Crippen LogP contribution in [0.5, 0.6) is 0 Å². The van der Waals surface area contributed by atoms with E-state index in [1.54, 1.807) is 0 Å². The van der Waals surface area contributed by atoms with Crippen LogP contribution in [0.15, 0.2) is 48.5 Å². The van der Waals surface area contributed by atoms with Crippen LogP contribution in [0.2, 0.25) is 0 Å². The molecule has 24 heavy (non-hydrogen) atoms. The van der Waals surface area contributed by atoms with E-state index in [4.69, 9.17) is 4.98 Å². The maximum Gasteiger partial charge on any atom is 0.227 e. The number of para-hydroxylation sites is 2. The minimum absolute atomic E-state index is 0.131. The van der Waals surface area contributed by atoms with Crippen molar-refractivity contribution in [3.63, 3.8) is 0 Å². The summed E-state index contributed by atoms with van der Waals surface area (Å²) in [5.41, 5.74) is 3.97. The molecule has 4 nitrogen and oxygen atoms in total. The third-order valence-corrected chi connectivity index (χ3v) is 4.84. The molecule has 0 aliphatic heterocycles. The van der Waals surface area contributed by atoms with E-state index >= 15 is 0 Å². The van der Waals surface area contributed by atoms with Gasteiger partial charge in [0.2, 0.25) is 5.91 Å². The second kappa shape index (κ2) is 4.81. The molecule has 1 N–H and O–H groups in total. The molecule has 1 fully saturated rings. The number of nitrogens with one attached hydrogen (secondary N) is 1. The van der Waals surface area contributed by atoms with Crippen molar-refractivity contribution in [2.75, 3.05) is 5.32 Å². The molecule has 0 atom stereocenters. The summed E-state index contributed by atoms with van der Waals surface area (Å²) in [6.07, 6.45) is 1.99. The summed E-state index contributed by atoms with van der Waals surface area (Å²) in [5, 5.41) is 5.32. The molecule has 0 bridgehead atoms. The fourth-order valence-corrected chi connectivity index (χ4v) is 3.52. The molecule has 1 aliphatic carbocycles. The fraction of sp³-hybridized carbons (Fsp3) is 0.200. The van der Waals surface area contributed by atoms with Gasteiger partial charge in [0.1, 0.15) is 5.82 Å². The van der Waals surface area contributed by atoms with Gasteiger partial charge in [-0.1, -0.05) is 36.4 Å². The summed E-state index contributed by atoms with van der Waals surface area (Å²) < 4.78 is 2.15. The Morgan fingerprint density at radius 1 is 1.08 bits per heavy atom. The molecule has 0 spiro atoms. The predicted octanol–water partition coefficient (Wildman–Crippen LogP) is 4.30. The van der Waals surface area contributed by atoms with Gasteiger partial charge < -0.3 is 5.32 Å². The number of hydrogen-bond acceptors (Lipinski definition) is 2. The highest BCUT2D eigenvalue weighted by atomic mass is 16.2. The number of rotatable bonds is 2. The molecule has 1 amide bonds. The first-order valence-corrected chi connectivity index (χ1v) is 8.33. The van der Waals surface area contributed by atoms with E-state index in [9.17, 15) is 4.79 Å². The van der Waals surface area contributed by atoms with Crippen molar-refractivity contribution in [1.29, 1.82) is 0 Å². The number of nitrogens with zero attached hydrogens (tertiary/aromatic N) is 2. The quantitative estimate of drug-likeness (QED) is 0.599. The van der Waals surface area contributed by atoms with Gasteiger partial charge in [-0.15, -0.1) is 0 Å². The second-order valence-corrected chi connectivity index (χ2v) is 6.52. The molecule has 2 heterocycles. The highest BCUT2D eigenvalue weighted by Gasteiger charge is 2.31. The van der Waals surface area contributed by atoms with Crippen LogP contribution in [0.3, 0.4) is 0 Å². The minimum Gasteiger partial charge on any atom is -0.323 e. The Hall–Kier alpha value is -2.88. The molecule has 2 aromatic heterocycles. The number of amides is 1. The van der Waals surface area contributed by atoms with Gasteiger partial charge in [-0.2, -0.15) is 0 Å². The lowest BCUT2D eigenvalue weighted by Crippen LogP contribution is -2.13. The topological polar surface area (TPSA) is 46.4 Å². The third-order valence-electron chi connectivity index (χ3n) is 4.84. The Bertz CT molecular complexity index is 1120. The minimum atomic E-state index is 0.131. The molecule has 4 heteroatoms. The van der Waals surface area contributed by atoms with Gasteiger partial charge in [-0.25, -0.2) is 4.98 Å². The van der Waals surface area contributed by atoms with Crippen LogP contribution in [0.4, 0.5) is 5.69 Å². The van der Waals surface area contributed by atoms with E-state index < -0.39 is 0 Å². The molecule has 1 aliphatic rings. The van der Waals surface area contributed by atoms with E-state index in [2.05, 4.69) is 27.9 Å². The largest absolute Gasteiger partial charge is 0.323 e. The van der Waals surface area contributed by atoms with Crippen LogP contribution in [0, 0.1) is 12.8 Å². The summed E-state index contributed by atoms with van der Waals surface area (Å²) in [6.45, 7) is 2.01. The van der Waals surface area contributed by atoms with E-state index in [0.29, 0.717) is 0 Å². The first-order chi connectivity index (χ1) is 11.7. The number of aryl methyl sites for hydroxylation is 1. The summed E-state index contributed by atoms with van der Waals surface area (Å²) in [5.74, 6) is 1.23. The molecule has 0 unspecified atom stereocenters. The van der Waals surface area contributed by atoms with E-state index in [0.717, 1.165) is 51.7 Å². The molecular weight excluding hydrogens is 298 g/mol. The van der Waals surface area contributed by atoms with Gasteiger partial charge >= 0.3 is 0 Å². The fourth-order valence-electron chi connectivity index (χ4n) is 3.52. The van der Waals surface area contributed by atoms with Gasteiger partial charge in [0.15, 0.2) is 0 Å². The number of benzene rings is 2. The van der Waals surface area contributed by atoms with Crippen LogP contribution in [0.1, 0.15) is 18.7 Å². The summed E-state index contributed by atoms with van der Waals surface area (Å²) in [4.78, 5) is 17.2. The van der Waals surface area contributed by atoms with Crippen LogP contribution < -0.4 is 5.32 Å². The normalized spacial score (nSPS) is 14.5. The summed E-state index contributed by atoms with van der Waals surface area (Å²) >= 11 is 0. The number of aromatic nitrogens is 2. The Labute approximate surface area is 139 Å². The molecule has 4 aromatic rings. The predicted molar refractivity (Wildman–Crippen MR) is 96.3 cm³/mol. The zero-order chi connectivity index (χ0) is 16.3. The lowest BCUT2D eigenvalue weighted by Gasteiger charge is -2.08. The monoisotopic (exact) mass is 315 g/mol. The second-order valence-electron chi connectivity index (χ2n) is 6.52. The van der Waals surface area contributed by atoms with Crippen LogP contribution in [-0.2, 0) is 4.79 Å². The lowest BCUT2D eigenvalue weighted by atomic mass is 10.1. The average molecular weight is 315 g/mol. The van der Waals surface area contributed by atoms with Gasteiger partial charge in [0, 0.05) is 16.7 Å². The van der Waals surface area contributed by atoms with Crippen molar-refractivity contribution in [2.45, 2.75) is 19.8 Å². The van der Waals surface area contributed by atoms with E-state index in [-0.39, 0.29) is 11.8 Å². The smallest absolute Gasteiger partial charge is 0.227 e. The van der Waals surface area contributed by atoms with Gasteiger partial charge in [-0.05, 0) is 31.9 Å². The SMILES string of the molecule is Cc1nc2ccccc2c2c(NC(=O)C3CC3)c3ccccc3n12. The Balaban J connectivity index is 1.94. The van der Waals surface area contributed by atoms with Gasteiger partial charge in [0.25, 0.3) is 0 Å². The van der Waals surface area contributed by atoms with Crippen molar-refractivity contribution in [3.05, 3.63) is 54.4 Å². The maximum atomic E-state index is 12.4. The van der Waals surface area contributed by atoms with Gasteiger partial charge in [0.05, 0.1) is 22.2 Å². The van der Waals surface area contributed by atoms with Gasteiger partial charge in [-0.3, -0.25) is 9.20 Å². The highest BCUT2D eigenvalue weighted by Crippen LogP contribution is 2.38. The standard InChI is InChI=1S/C20H17N3O/c1-12-21-16-8-4-2-6-14(16)19-18(22-20(24)13-10-11-13)15-7-3-5-9-17(15)23(12)19/h2-9,13H,10-11H2,1H3,(H,22,24). The maximum absolute atomic E-state index is 12.4. The van der Waals surface area contributed by atoms with Crippen molar-refractivity contribution in [3.8, 4) is 0 Å². The highest BCUT2D eigenvalue weighted by molar-refractivity contribution is 6.16. The molecule has 0 radical (unpaired) electrons. The van der Waals surface area contributed by atoms with E-state index in [1.165, 1.54) is 0 Å². The van der Waals surface area contributed by atoms with Crippen LogP contribution in [0.25, 0.3) is 27.3 Å². The van der Waals surface area contributed by atoms with Crippen molar-refractivity contribution < 1.29 is 4.79 Å². The molecule has 0 saturated heterocycles. The first-order valence-electron chi connectivity index (χ1n) is 8.33. The molecule has 2 aromatic carbocycles. The van der Waals surface area contributed by atoms with Crippen molar-refractivity contribution in [2.24, 2.45) is 5.92 Å². The number of fused-ring (bicyclic) bond motifs is 5.